The van der Waals surface area contributed by atoms with E-state index in [2.05, 4.69) is 5.32 Å². The third kappa shape index (κ3) is 2.65. The third-order valence-corrected chi connectivity index (χ3v) is 3.14. The molecule has 0 radical (unpaired) electrons. The molecule has 2 nitrogen and oxygen atoms in total. The lowest BCUT2D eigenvalue weighted by Crippen LogP contribution is -1.95. The van der Waals surface area contributed by atoms with Gasteiger partial charge < -0.3 is 11.1 Å². The van der Waals surface area contributed by atoms with E-state index in [0.717, 1.165) is 16.9 Å². The molecule has 88 valence electrons. The van der Waals surface area contributed by atoms with Gasteiger partial charge in [0.15, 0.2) is 0 Å². The standard InChI is InChI=1S/C13H12Cl2N2/c1-8-5-6-9(7-12(8)16)17-13-10(14)3-2-4-11(13)15/h2-7,17H,16H2,1H3. The highest BCUT2D eigenvalue weighted by Crippen LogP contribution is 2.33. The van der Waals surface area contributed by atoms with E-state index in [-0.39, 0.29) is 0 Å². The highest BCUT2D eigenvalue weighted by molar-refractivity contribution is 6.39. The van der Waals surface area contributed by atoms with Gasteiger partial charge in [0.1, 0.15) is 0 Å². The second-order valence-corrected chi connectivity index (χ2v) is 4.61. The fraction of sp³-hybridized carbons (Fsp3) is 0.0769. The Bertz CT molecular complexity index is 533. The Morgan fingerprint density at radius 3 is 2.29 bits per heavy atom. The number of nitrogen functional groups attached to an aromatic ring is 1. The lowest BCUT2D eigenvalue weighted by Gasteiger charge is -2.11. The lowest BCUT2D eigenvalue weighted by atomic mass is 10.2. The van der Waals surface area contributed by atoms with Crippen molar-refractivity contribution in [2.24, 2.45) is 0 Å². The number of nitrogens with two attached hydrogens (primary N) is 1. The van der Waals surface area contributed by atoms with Crippen LogP contribution in [0.1, 0.15) is 5.56 Å². The molecule has 0 aromatic heterocycles. The van der Waals surface area contributed by atoms with Crippen LogP contribution in [0.3, 0.4) is 0 Å². The van der Waals surface area contributed by atoms with Crippen molar-refractivity contribution in [3.05, 3.63) is 52.0 Å². The number of hydrogen-bond acceptors (Lipinski definition) is 2. The van der Waals surface area contributed by atoms with Crippen LogP contribution < -0.4 is 11.1 Å². The van der Waals surface area contributed by atoms with Gasteiger partial charge in [-0.25, -0.2) is 0 Å². The molecule has 4 heteroatoms. The molecule has 0 unspecified atom stereocenters. The molecule has 17 heavy (non-hydrogen) atoms. The minimum absolute atomic E-state index is 0.580. The quantitative estimate of drug-likeness (QED) is 0.778. The molecular weight excluding hydrogens is 255 g/mol. The summed E-state index contributed by atoms with van der Waals surface area (Å²) in [4.78, 5) is 0. The van der Waals surface area contributed by atoms with Crippen molar-refractivity contribution >= 4 is 40.3 Å². The highest BCUT2D eigenvalue weighted by Gasteiger charge is 2.05. The largest absolute Gasteiger partial charge is 0.398 e. The Balaban J connectivity index is 2.35. The Morgan fingerprint density at radius 2 is 1.71 bits per heavy atom. The summed E-state index contributed by atoms with van der Waals surface area (Å²) in [5.41, 5.74) is 9.18. The zero-order valence-corrected chi connectivity index (χ0v) is 10.8. The Morgan fingerprint density at radius 1 is 1.06 bits per heavy atom. The Labute approximate surface area is 110 Å². The second-order valence-electron chi connectivity index (χ2n) is 3.79. The average molecular weight is 267 g/mol. The molecule has 0 saturated carbocycles. The van der Waals surface area contributed by atoms with E-state index in [1.54, 1.807) is 18.2 Å². The van der Waals surface area contributed by atoms with Crippen LogP contribution in [-0.4, -0.2) is 0 Å². The number of nitrogens with one attached hydrogen (secondary N) is 1. The number of hydrogen-bond donors (Lipinski definition) is 2. The number of benzene rings is 2. The number of halogens is 2. The van der Waals surface area contributed by atoms with Gasteiger partial charge in [-0.15, -0.1) is 0 Å². The minimum Gasteiger partial charge on any atom is -0.398 e. The van der Waals surface area contributed by atoms with Gasteiger partial charge in [-0.2, -0.15) is 0 Å². The number of para-hydroxylation sites is 1. The molecule has 0 saturated heterocycles. The first-order valence-electron chi connectivity index (χ1n) is 5.15. The van der Waals surface area contributed by atoms with Crippen molar-refractivity contribution in [2.45, 2.75) is 6.92 Å². The normalized spacial score (nSPS) is 10.3. The smallest absolute Gasteiger partial charge is 0.0762 e. The first-order valence-corrected chi connectivity index (χ1v) is 5.90. The van der Waals surface area contributed by atoms with Crippen molar-refractivity contribution in [1.29, 1.82) is 0 Å². The van der Waals surface area contributed by atoms with Crippen LogP contribution in [0.15, 0.2) is 36.4 Å². The summed E-state index contributed by atoms with van der Waals surface area (Å²) in [5, 5.41) is 4.33. The zero-order valence-electron chi connectivity index (χ0n) is 9.30. The van der Waals surface area contributed by atoms with Gasteiger partial charge in [0, 0.05) is 11.4 Å². The first-order chi connectivity index (χ1) is 8.08. The fourth-order valence-corrected chi connectivity index (χ4v) is 1.97. The van der Waals surface area contributed by atoms with Gasteiger partial charge >= 0.3 is 0 Å². The number of aryl methyl sites for hydroxylation is 1. The topological polar surface area (TPSA) is 38.0 Å². The van der Waals surface area contributed by atoms with Crippen molar-refractivity contribution in [1.82, 2.24) is 0 Å². The van der Waals surface area contributed by atoms with Crippen LogP contribution in [0.5, 0.6) is 0 Å². The van der Waals surface area contributed by atoms with Gasteiger partial charge in [-0.1, -0.05) is 35.3 Å². The number of rotatable bonds is 2. The summed E-state index contributed by atoms with van der Waals surface area (Å²) in [5.74, 6) is 0. The summed E-state index contributed by atoms with van der Waals surface area (Å²) in [6, 6.07) is 11.1. The van der Waals surface area contributed by atoms with Gasteiger partial charge in [0.25, 0.3) is 0 Å². The monoisotopic (exact) mass is 266 g/mol. The van der Waals surface area contributed by atoms with Crippen molar-refractivity contribution in [3.8, 4) is 0 Å². The molecule has 2 aromatic carbocycles. The molecule has 2 rings (SSSR count). The van der Waals surface area contributed by atoms with E-state index in [1.807, 2.05) is 25.1 Å². The number of anilines is 3. The molecule has 2 aromatic rings. The van der Waals surface area contributed by atoms with E-state index < -0.39 is 0 Å². The fourth-order valence-electron chi connectivity index (χ4n) is 1.48. The van der Waals surface area contributed by atoms with Crippen molar-refractivity contribution < 1.29 is 0 Å². The average Bonchev–Trinajstić information content (AvgIpc) is 2.28. The van der Waals surface area contributed by atoms with E-state index in [0.29, 0.717) is 15.7 Å². The van der Waals surface area contributed by atoms with Gasteiger partial charge in [-0.05, 0) is 36.8 Å². The van der Waals surface area contributed by atoms with Gasteiger partial charge in [0.05, 0.1) is 15.7 Å². The molecule has 3 N–H and O–H groups in total. The third-order valence-electron chi connectivity index (χ3n) is 2.51. The molecule has 0 aliphatic rings. The van der Waals surface area contributed by atoms with Crippen molar-refractivity contribution in [3.63, 3.8) is 0 Å². The summed E-state index contributed by atoms with van der Waals surface area (Å²) < 4.78 is 0. The molecule has 0 bridgehead atoms. The summed E-state index contributed by atoms with van der Waals surface area (Å²) in [7, 11) is 0. The van der Waals surface area contributed by atoms with Crippen LogP contribution >= 0.6 is 23.2 Å². The van der Waals surface area contributed by atoms with E-state index in [1.165, 1.54) is 0 Å². The lowest BCUT2D eigenvalue weighted by molar-refractivity contribution is 1.45. The highest BCUT2D eigenvalue weighted by atomic mass is 35.5. The van der Waals surface area contributed by atoms with Crippen LogP contribution in [0.25, 0.3) is 0 Å². The van der Waals surface area contributed by atoms with Crippen LogP contribution in [0, 0.1) is 6.92 Å². The molecule has 0 aliphatic carbocycles. The summed E-state index contributed by atoms with van der Waals surface area (Å²) in [6.07, 6.45) is 0. The van der Waals surface area contributed by atoms with Crippen LogP contribution in [-0.2, 0) is 0 Å². The van der Waals surface area contributed by atoms with Gasteiger partial charge in [-0.3, -0.25) is 0 Å². The molecule has 0 spiro atoms. The van der Waals surface area contributed by atoms with E-state index in [4.69, 9.17) is 28.9 Å². The van der Waals surface area contributed by atoms with Gasteiger partial charge in [0.2, 0.25) is 0 Å². The first kappa shape index (κ1) is 12.1. The SMILES string of the molecule is Cc1ccc(Nc2c(Cl)cccc2Cl)cc1N. The van der Waals surface area contributed by atoms with Crippen molar-refractivity contribution in [2.75, 3.05) is 11.1 Å². The van der Waals surface area contributed by atoms with E-state index >= 15 is 0 Å². The molecular formula is C13H12Cl2N2. The molecule has 0 fully saturated rings. The predicted molar refractivity (Wildman–Crippen MR) is 75.3 cm³/mol. The summed E-state index contributed by atoms with van der Waals surface area (Å²) in [6.45, 7) is 1.96. The summed E-state index contributed by atoms with van der Waals surface area (Å²) >= 11 is 12.1. The van der Waals surface area contributed by atoms with E-state index in [9.17, 15) is 0 Å². The molecule has 0 aliphatic heterocycles. The maximum atomic E-state index is 6.07. The predicted octanol–water partition coefficient (Wildman–Crippen LogP) is 4.63. The zero-order chi connectivity index (χ0) is 12.4. The molecule has 0 atom stereocenters. The van der Waals surface area contributed by atoms with Crippen LogP contribution in [0.2, 0.25) is 10.0 Å². The minimum atomic E-state index is 0.580. The molecule has 0 amide bonds. The van der Waals surface area contributed by atoms with Crippen LogP contribution in [0.4, 0.5) is 17.1 Å². The Kier molecular flexibility index (Phi) is 3.46. The maximum Gasteiger partial charge on any atom is 0.0762 e. The molecule has 0 heterocycles. The second kappa shape index (κ2) is 4.86. The Hall–Kier alpha value is -1.38. The maximum absolute atomic E-state index is 6.07.